The second kappa shape index (κ2) is 6.79. The molecule has 2 aromatic rings. The summed E-state index contributed by atoms with van der Waals surface area (Å²) in [6.45, 7) is -0.272. The summed E-state index contributed by atoms with van der Waals surface area (Å²) in [5.41, 5.74) is 1.58. The summed E-state index contributed by atoms with van der Waals surface area (Å²) in [6.07, 6.45) is 0.340. The lowest BCUT2D eigenvalue weighted by atomic mass is 10.2. The number of anilines is 1. The number of likely N-dealkylation sites (tertiary alicyclic amines) is 1. The fourth-order valence-corrected chi connectivity index (χ4v) is 3.08. The molecule has 1 saturated heterocycles. The number of hydrogen-bond donors (Lipinski definition) is 1. The van der Waals surface area contributed by atoms with E-state index < -0.39 is 5.91 Å². The van der Waals surface area contributed by atoms with Gasteiger partial charge in [0, 0.05) is 23.8 Å². The van der Waals surface area contributed by atoms with Gasteiger partial charge in [0.05, 0.1) is 12.8 Å². The lowest BCUT2D eigenvalue weighted by molar-refractivity contribution is -0.141. The number of nitrogens with one attached hydrogen (secondary N) is 1. The van der Waals surface area contributed by atoms with E-state index in [1.807, 2.05) is 29.6 Å². The Hall–Kier alpha value is -2.74. The molecule has 1 aliphatic heterocycles. The van der Waals surface area contributed by atoms with Crippen LogP contribution in [0, 0.1) is 0 Å². The van der Waals surface area contributed by atoms with Gasteiger partial charge in [-0.3, -0.25) is 19.3 Å². The van der Waals surface area contributed by atoms with Crippen LogP contribution in [0.1, 0.15) is 12.8 Å². The van der Waals surface area contributed by atoms with Crippen molar-refractivity contribution in [2.24, 2.45) is 0 Å². The fraction of sp³-hybridized carbons (Fsp3) is 0.250. The minimum absolute atomic E-state index is 0.170. The molecule has 0 atom stereocenters. The lowest BCUT2D eigenvalue weighted by Gasteiger charge is -2.12. The number of carbonyl (C=O) groups is 3. The van der Waals surface area contributed by atoms with E-state index in [0.717, 1.165) is 16.2 Å². The third-order valence-corrected chi connectivity index (χ3v) is 4.33. The molecule has 1 N–H and O–H groups in total. The minimum atomic E-state index is -0.440. The van der Waals surface area contributed by atoms with Crippen LogP contribution in [0.15, 0.2) is 29.6 Å². The maximum atomic E-state index is 12.0. The molecule has 0 saturated carbocycles. The predicted molar refractivity (Wildman–Crippen MR) is 88.7 cm³/mol. The molecule has 3 amide bonds. The Morgan fingerprint density at radius 1 is 1.33 bits per heavy atom. The highest BCUT2D eigenvalue weighted by Crippen LogP contribution is 2.27. The van der Waals surface area contributed by atoms with Gasteiger partial charge in [0.2, 0.25) is 17.7 Å². The first-order valence-electron chi connectivity index (χ1n) is 7.30. The number of nitrogens with zero attached hydrogens (tertiary/aromatic N) is 2. The van der Waals surface area contributed by atoms with Crippen LogP contribution in [0.4, 0.5) is 5.13 Å². The predicted octanol–water partition coefficient (Wildman–Crippen LogP) is 1.91. The van der Waals surface area contributed by atoms with Crippen LogP contribution in [0.25, 0.3) is 11.3 Å². The van der Waals surface area contributed by atoms with Crippen LogP contribution in [0.5, 0.6) is 5.75 Å². The largest absolute Gasteiger partial charge is 0.497 e. The van der Waals surface area contributed by atoms with Crippen LogP contribution in [0.3, 0.4) is 0 Å². The van der Waals surface area contributed by atoms with E-state index in [9.17, 15) is 14.4 Å². The van der Waals surface area contributed by atoms with Gasteiger partial charge in [-0.05, 0) is 12.1 Å². The van der Waals surface area contributed by atoms with Gasteiger partial charge in [-0.2, -0.15) is 0 Å². The molecule has 124 valence electrons. The van der Waals surface area contributed by atoms with Gasteiger partial charge in [-0.1, -0.05) is 12.1 Å². The SMILES string of the molecule is COc1cccc(-c2csc(NC(=O)CN3C(=O)CCC3=O)n2)c1. The molecule has 0 unspecified atom stereocenters. The number of aromatic nitrogens is 1. The van der Waals surface area contributed by atoms with Crippen molar-refractivity contribution in [2.45, 2.75) is 12.8 Å². The summed E-state index contributed by atoms with van der Waals surface area (Å²) < 4.78 is 5.18. The Morgan fingerprint density at radius 3 is 2.79 bits per heavy atom. The van der Waals surface area contributed by atoms with Crippen LogP contribution < -0.4 is 10.1 Å². The van der Waals surface area contributed by atoms with Crippen molar-refractivity contribution in [1.29, 1.82) is 0 Å². The molecule has 0 spiro atoms. The zero-order chi connectivity index (χ0) is 17.1. The maximum absolute atomic E-state index is 12.0. The smallest absolute Gasteiger partial charge is 0.246 e. The molecule has 1 aromatic carbocycles. The molecule has 0 bridgehead atoms. The molecule has 3 rings (SSSR count). The summed E-state index contributed by atoms with van der Waals surface area (Å²) in [6, 6.07) is 7.44. The molecular formula is C16H15N3O4S. The molecule has 8 heteroatoms. The van der Waals surface area contributed by atoms with Crippen molar-refractivity contribution in [3.05, 3.63) is 29.6 Å². The van der Waals surface area contributed by atoms with E-state index >= 15 is 0 Å². The van der Waals surface area contributed by atoms with Crippen molar-refractivity contribution in [3.63, 3.8) is 0 Å². The highest BCUT2D eigenvalue weighted by molar-refractivity contribution is 7.14. The molecule has 24 heavy (non-hydrogen) atoms. The molecule has 0 radical (unpaired) electrons. The van der Waals surface area contributed by atoms with Gasteiger partial charge < -0.3 is 10.1 Å². The Bertz CT molecular complexity index is 786. The summed E-state index contributed by atoms with van der Waals surface area (Å²) >= 11 is 1.27. The quantitative estimate of drug-likeness (QED) is 0.836. The summed E-state index contributed by atoms with van der Waals surface area (Å²) in [5.74, 6) is -0.347. The third kappa shape index (κ3) is 3.43. The van der Waals surface area contributed by atoms with Crippen LogP contribution in [-0.4, -0.2) is 41.3 Å². The van der Waals surface area contributed by atoms with Crippen molar-refractivity contribution >= 4 is 34.2 Å². The van der Waals surface area contributed by atoms with E-state index in [2.05, 4.69) is 10.3 Å². The first kappa shape index (κ1) is 16.1. The second-order valence-corrected chi connectivity index (χ2v) is 6.05. The van der Waals surface area contributed by atoms with Crippen LogP contribution >= 0.6 is 11.3 Å². The van der Waals surface area contributed by atoms with E-state index in [1.54, 1.807) is 7.11 Å². The summed E-state index contributed by atoms with van der Waals surface area (Å²) in [7, 11) is 1.59. The monoisotopic (exact) mass is 345 g/mol. The Kier molecular flexibility index (Phi) is 4.57. The Morgan fingerprint density at radius 2 is 2.08 bits per heavy atom. The lowest BCUT2D eigenvalue weighted by Crippen LogP contribution is -2.36. The van der Waals surface area contributed by atoms with Crippen molar-refractivity contribution < 1.29 is 19.1 Å². The number of hydrogen-bond acceptors (Lipinski definition) is 6. The first-order chi connectivity index (χ1) is 11.6. The molecule has 7 nitrogen and oxygen atoms in total. The van der Waals surface area contributed by atoms with E-state index in [4.69, 9.17) is 4.74 Å². The number of imide groups is 1. The van der Waals surface area contributed by atoms with Crippen LogP contribution in [-0.2, 0) is 14.4 Å². The Labute approximate surface area is 142 Å². The van der Waals surface area contributed by atoms with Gasteiger partial charge in [0.25, 0.3) is 0 Å². The molecule has 1 aromatic heterocycles. The normalized spacial score (nSPS) is 14.1. The zero-order valence-corrected chi connectivity index (χ0v) is 13.8. The number of carbonyl (C=O) groups excluding carboxylic acids is 3. The minimum Gasteiger partial charge on any atom is -0.497 e. The van der Waals surface area contributed by atoms with E-state index in [1.165, 1.54) is 11.3 Å². The standard InChI is InChI=1S/C16H15N3O4S/c1-23-11-4-2-3-10(7-11)12-9-24-16(17-12)18-13(20)8-19-14(21)5-6-15(19)22/h2-4,7,9H,5-6,8H2,1H3,(H,17,18,20). The van der Waals surface area contributed by atoms with Gasteiger partial charge in [0.15, 0.2) is 5.13 Å². The zero-order valence-electron chi connectivity index (χ0n) is 12.9. The number of benzene rings is 1. The topological polar surface area (TPSA) is 88.6 Å². The highest BCUT2D eigenvalue weighted by atomic mass is 32.1. The number of methoxy groups -OCH3 is 1. The second-order valence-electron chi connectivity index (χ2n) is 5.19. The first-order valence-corrected chi connectivity index (χ1v) is 8.18. The molecule has 1 aliphatic rings. The number of amides is 3. The summed E-state index contributed by atoms with van der Waals surface area (Å²) in [5, 5.41) is 4.85. The van der Waals surface area contributed by atoms with Gasteiger partial charge in [0.1, 0.15) is 12.3 Å². The van der Waals surface area contributed by atoms with E-state index in [-0.39, 0.29) is 31.2 Å². The number of thiazole rings is 1. The average Bonchev–Trinajstić information content (AvgIpc) is 3.17. The molecule has 1 fully saturated rings. The van der Waals surface area contributed by atoms with Gasteiger partial charge in [-0.25, -0.2) is 4.98 Å². The third-order valence-electron chi connectivity index (χ3n) is 3.57. The average molecular weight is 345 g/mol. The molecule has 2 heterocycles. The number of rotatable bonds is 5. The van der Waals surface area contributed by atoms with Crippen LogP contribution in [0.2, 0.25) is 0 Å². The van der Waals surface area contributed by atoms with Crippen molar-refractivity contribution in [1.82, 2.24) is 9.88 Å². The van der Waals surface area contributed by atoms with Gasteiger partial charge >= 0.3 is 0 Å². The Balaban J connectivity index is 1.66. The van der Waals surface area contributed by atoms with Crippen molar-refractivity contribution in [3.8, 4) is 17.0 Å². The molecular weight excluding hydrogens is 330 g/mol. The molecule has 0 aliphatic carbocycles. The van der Waals surface area contributed by atoms with Crippen molar-refractivity contribution in [2.75, 3.05) is 19.0 Å². The van der Waals surface area contributed by atoms with Gasteiger partial charge in [-0.15, -0.1) is 11.3 Å². The highest BCUT2D eigenvalue weighted by Gasteiger charge is 2.30. The summed E-state index contributed by atoms with van der Waals surface area (Å²) in [4.78, 5) is 40.4. The van der Waals surface area contributed by atoms with E-state index in [0.29, 0.717) is 10.8 Å². The fourth-order valence-electron chi connectivity index (χ4n) is 2.35. The number of ether oxygens (including phenoxy) is 1. The maximum Gasteiger partial charge on any atom is 0.246 e.